The van der Waals surface area contributed by atoms with Gasteiger partial charge in [0.2, 0.25) is 5.91 Å². The van der Waals surface area contributed by atoms with Gasteiger partial charge in [0, 0.05) is 61.2 Å². The van der Waals surface area contributed by atoms with Crippen molar-refractivity contribution in [3.63, 3.8) is 0 Å². The van der Waals surface area contributed by atoms with Gasteiger partial charge in [-0.25, -0.2) is 4.39 Å². The van der Waals surface area contributed by atoms with E-state index in [1.54, 1.807) is 36.1 Å². The number of fused-ring (bicyclic) bond motifs is 1. The molecular weight excluding hydrogens is 525 g/mol. The van der Waals surface area contributed by atoms with Crippen molar-refractivity contribution in [2.75, 3.05) is 19.7 Å². The summed E-state index contributed by atoms with van der Waals surface area (Å²) in [6.07, 6.45) is 3.37. The first-order chi connectivity index (χ1) is 19.8. The molecule has 4 aromatic rings. The predicted octanol–water partition coefficient (Wildman–Crippen LogP) is 6.06. The molecular formula is C32H32FN3O5. The van der Waals surface area contributed by atoms with E-state index in [0.717, 1.165) is 22.2 Å². The Hall–Kier alpha value is -4.53. The molecule has 9 heteroatoms. The lowest BCUT2D eigenvalue weighted by Gasteiger charge is -2.32. The van der Waals surface area contributed by atoms with Crippen LogP contribution < -0.4 is 0 Å². The zero-order valence-corrected chi connectivity index (χ0v) is 22.9. The van der Waals surface area contributed by atoms with Crippen LogP contribution in [0.15, 0.2) is 79.0 Å². The minimum atomic E-state index is -0.493. The smallest absolute Gasteiger partial charge is 0.310 e. The molecule has 1 fully saturated rings. The average Bonchev–Trinajstić information content (AvgIpc) is 3.34. The first-order valence-corrected chi connectivity index (χ1v) is 13.8. The Labute approximate surface area is 237 Å². The lowest BCUT2D eigenvalue weighted by Crippen LogP contribution is -2.43. The lowest BCUT2D eigenvalue weighted by atomic mass is 9.87. The second kappa shape index (κ2) is 12.3. The number of rotatable bonds is 9. The van der Waals surface area contributed by atoms with E-state index in [1.165, 1.54) is 18.2 Å². The van der Waals surface area contributed by atoms with Crippen LogP contribution in [0.3, 0.4) is 0 Å². The van der Waals surface area contributed by atoms with Crippen LogP contribution in [0, 0.1) is 21.8 Å². The highest BCUT2D eigenvalue weighted by Crippen LogP contribution is 2.37. The van der Waals surface area contributed by atoms with Crippen LogP contribution in [0.4, 0.5) is 10.1 Å². The van der Waals surface area contributed by atoms with Gasteiger partial charge >= 0.3 is 5.97 Å². The summed E-state index contributed by atoms with van der Waals surface area (Å²) in [5.41, 5.74) is 3.28. The fourth-order valence-electron chi connectivity index (χ4n) is 5.68. The number of carbonyl (C=O) groups excluding carboxylic acids is 2. The van der Waals surface area contributed by atoms with Gasteiger partial charge in [-0.3, -0.25) is 19.7 Å². The third kappa shape index (κ3) is 6.29. The van der Waals surface area contributed by atoms with Gasteiger partial charge in [-0.2, -0.15) is 0 Å². The van der Waals surface area contributed by atoms with Gasteiger partial charge in [0.15, 0.2) is 0 Å². The van der Waals surface area contributed by atoms with Gasteiger partial charge in [-0.1, -0.05) is 42.5 Å². The van der Waals surface area contributed by atoms with Crippen molar-refractivity contribution in [3.8, 4) is 0 Å². The van der Waals surface area contributed by atoms with Gasteiger partial charge < -0.3 is 14.2 Å². The molecule has 212 valence electrons. The standard InChI is InChI=1S/C32H32FN3O5/c1-2-41-32(38)24-9-6-16-34(20-24)31(37)18-27(23-10-12-25(33)13-11-23)29-21-35(19-22-7-4-3-5-8-22)30-15-14-26(36(39)40)17-28(29)30/h3-5,7-8,10-15,17,21,24,27H,2,6,9,16,18-20H2,1H3. The van der Waals surface area contributed by atoms with Crippen LogP contribution >= 0.6 is 0 Å². The molecule has 0 saturated carbocycles. The summed E-state index contributed by atoms with van der Waals surface area (Å²) in [4.78, 5) is 39.1. The summed E-state index contributed by atoms with van der Waals surface area (Å²) in [5, 5.41) is 12.4. The van der Waals surface area contributed by atoms with Crippen molar-refractivity contribution in [3.05, 3.63) is 112 Å². The minimum absolute atomic E-state index is 0.0475. The molecule has 1 aromatic heterocycles. The van der Waals surface area contributed by atoms with Crippen molar-refractivity contribution < 1.29 is 23.6 Å². The summed E-state index contributed by atoms with van der Waals surface area (Å²) in [7, 11) is 0. The highest BCUT2D eigenvalue weighted by molar-refractivity contribution is 5.88. The number of halogens is 1. The number of hydrogen-bond donors (Lipinski definition) is 0. The third-order valence-electron chi connectivity index (χ3n) is 7.72. The van der Waals surface area contributed by atoms with E-state index in [9.17, 15) is 24.1 Å². The quantitative estimate of drug-likeness (QED) is 0.142. The molecule has 1 aliphatic rings. The van der Waals surface area contributed by atoms with E-state index in [2.05, 4.69) is 0 Å². The molecule has 2 heterocycles. The molecule has 41 heavy (non-hydrogen) atoms. The number of likely N-dealkylation sites (tertiary alicyclic amines) is 1. The molecule has 0 aliphatic carbocycles. The molecule has 1 amide bonds. The number of hydrogen-bond acceptors (Lipinski definition) is 5. The van der Waals surface area contributed by atoms with Crippen LogP contribution in [0.1, 0.15) is 48.8 Å². The van der Waals surface area contributed by atoms with Gasteiger partial charge in [0.1, 0.15) is 5.82 Å². The molecule has 2 unspecified atom stereocenters. The molecule has 5 rings (SSSR count). The summed E-state index contributed by atoms with van der Waals surface area (Å²) >= 11 is 0. The predicted molar refractivity (Wildman–Crippen MR) is 153 cm³/mol. The number of benzene rings is 3. The number of nitro benzene ring substituents is 1. The Bertz CT molecular complexity index is 1550. The fraction of sp³-hybridized carbons (Fsp3) is 0.312. The van der Waals surface area contributed by atoms with Crippen LogP contribution in [-0.2, 0) is 20.9 Å². The zero-order valence-electron chi connectivity index (χ0n) is 22.9. The van der Waals surface area contributed by atoms with E-state index in [1.807, 2.05) is 41.1 Å². The maximum absolute atomic E-state index is 13.9. The number of piperidine rings is 1. The average molecular weight is 558 g/mol. The van der Waals surface area contributed by atoms with Gasteiger partial charge in [0.05, 0.1) is 17.4 Å². The van der Waals surface area contributed by atoms with Crippen LogP contribution in [0.5, 0.6) is 0 Å². The Kier molecular flexibility index (Phi) is 8.42. The first-order valence-electron chi connectivity index (χ1n) is 13.8. The summed E-state index contributed by atoms with van der Waals surface area (Å²) in [6.45, 7) is 3.40. The summed E-state index contributed by atoms with van der Waals surface area (Å²) in [6, 6.07) is 20.6. The Morgan fingerprint density at radius 2 is 1.85 bits per heavy atom. The number of ether oxygens (including phenoxy) is 1. The van der Waals surface area contributed by atoms with Crippen LogP contribution in [0.25, 0.3) is 10.9 Å². The maximum atomic E-state index is 13.9. The van der Waals surface area contributed by atoms with Gasteiger partial charge in [-0.05, 0) is 54.7 Å². The number of non-ortho nitro benzene ring substituents is 1. The summed E-state index contributed by atoms with van der Waals surface area (Å²) < 4.78 is 21.2. The van der Waals surface area contributed by atoms with E-state index >= 15 is 0 Å². The van der Waals surface area contributed by atoms with E-state index in [0.29, 0.717) is 31.3 Å². The Balaban J connectivity index is 1.55. The fourth-order valence-corrected chi connectivity index (χ4v) is 5.68. The Morgan fingerprint density at radius 1 is 1.10 bits per heavy atom. The van der Waals surface area contributed by atoms with Gasteiger partial charge in [0.25, 0.3) is 5.69 Å². The van der Waals surface area contributed by atoms with E-state index in [-0.39, 0.29) is 43.1 Å². The van der Waals surface area contributed by atoms with Crippen molar-refractivity contribution in [2.45, 2.75) is 38.6 Å². The van der Waals surface area contributed by atoms with Gasteiger partial charge in [-0.15, -0.1) is 0 Å². The minimum Gasteiger partial charge on any atom is -0.466 e. The number of nitro groups is 1. The zero-order chi connectivity index (χ0) is 28.9. The number of esters is 1. The molecule has 0 radical (unpaired) electrons. The number of nitrogens with zero attached hydrogens (tertiary/aromatic N) is 3. The number of amides is 1. The van der Waals surface area contributed by atoms with Crippen LogP contribution in [0.2, 0.25) is 0 Å². The monoisotopic (exact) mass is 557 g/mol. The van der Waals surface area contributed by atoms with Crippen LogP contribution in [-0.4, -0.2) is 46.0 Å². The molecule has 0 spiro atoms. The van der Waals surface area contributed by atoms with Crippen molar-refractivity contribution >= 4 is 28.5 Å². The molecule has 2 atom stereocenters. The topological polar surface area (TPSA) is 94.7 Å². The lowest BCUT2D eigenvalue weighted by molar-refractivity contribution is -0.384. The molecule has 1 aliphatic heterocycles. The highest BCUT2D eigenvalue weighted by Gasteiger charge is 2.32. The second-order valence-corrected chi connectivity index (χ2v) is 10.4. The SMILES string of the molecule is CCOC(=O)C1CCCN(C(=O)CC(c2ccc(F)cc2)c2cn(Cc3ccccc3)c3ccc([N+](=O)[O-])cc23)C1. The van der Waals surface area contributed by atoms with Crippen molar-refractivity contribution in [1.29, 1.82) is 0 Å². The normalized spacial score (nSPS) is 16.0. The maximum Gasteiger partial charge on any atom is 0.310 e. The molecule has 3 aromatic carbocycles. The van der Waals surface area contributed by atoms with E-state index in [4.69, 9.17) is 4.74 Å². The second-order valence-electron chi connectivity index (χ2n) is 10.4. The molecule has 1 saturated heterocycles. The molecule has 8 nitrogen and oxygen atoms in total. The number of carbonyl (C=O) groups is 2. The Morgan fingerprint density at radius 3 is 2.56 bits per heavy atom. The molecule has 0 N–H and O–H groups in total. The largest absolute Gasteiger partial charge is 0.466 e. The van der Waals surface area contributed by atoms with Crippen molar-refractivity contribution in [2.24, 2.45) is 5.92 Å². The molecule has 0 bridgehead atoms. The van der Waals surface area contributed by atoms with E-state index < -0.39 is 16.7 Å². The summed E-state index contributed by atoms with van der Waals surface area (Å²) in [5.74, 6) is -1.69. The number of aromatic nitrogens is 1. The first kappa shape index (κ1) is 28.0. The third-order valence-corrected chi connectivity index (χ3v) is 7.72. The van der Waals surface area contributed by atoms with Crippen molar-refractivity contribution in [1.82, 2.24) is 9.47 Å². The highest BCUT2D eigenvalue weighted by atomic mass is 19.1.